The van der Waals surface area contributed by atoms with E-state index in [-0.39, 0.29) is 0 Å². The summed E-state index contributed by atoms with van der Waals surface area (Å²) in [5.74, 6) is 2.55. The highest BCUT2D eigenvalue weighted by Gasteiger charge is 2.23. The van der Waals surface area contributed by atoms with Gasteiger partial charge in [0.25, 0.3) is 0 Å². The van der Waals surface area contributed by atoms with Crippen LogP contribution in [0.25, 0.3) is 0 Å². The molecule has 1 fully saturated rings. The quantitative estimate of drug-likeness (QED) is 0.869. The molecule has 3 heterocycles. The van der Waals surface area contributed by atoms with Crippen LogP contribution in [0.5, 0.6) is 0 Å². The Bertz CT molecular complexity index is 675. The van der Waals surface area contributed by atoms with Crippen LogP contribution in [-0.4, -0.2) is 26.6 Å². The van der Waals surface area contributed by atoms with Crippen LogP contribution in [0.3, 0.4) is 0 Å². The molecule has 0 N–H and O–H groups in total. The van der Waals surface area contributed by atoms with Crippen molar-refractivity contribution in [2.75, 3.05) is 6.54 Å². The third-order valence-electron chi connectivity index (χ3n) is 5.06. The lowest BCUT2D eigenvalue weighted by Crippen LogP contribution is -2.31. The van der Waals surface area contributed by atoms with Gasteiger partial charge in [0.15, 0.2) is 0 Å². The second-order valence-corrected chi connectivity index (χ2v) is 6.92. The number of aromatic nitrogens is 3. The maximum Gasteiger partial charge on any atom is 0.133 e. The van der Waals surface area contributed by atoms with E-state index in [0.29, 0.717) is 5.92 Å². The monoisotopic (exact) mass is 312 g/mol. The molecule has 23 heavy (non-hydrogen) atoms. The highest BCUT2D eigenvalue weighted by atomic mass is 16.5. The van der Waals surface area contributed by atoms with Crippen molar-refractivity contribution in [2.24, 2.45) is 0 Å². The van der Waals surface area contributed by atoms with Crippen LogP contribution in [0.4, 0.5) is 0 Å². The van der Waals surface area contributed by atoms with Crippen LogP contribution >= 0.6 is 0 Å². The molecule has 0 spiro atoms. The third-order valence-corrected chi connectivity index (χ3v) is 5.06. The zero-order chi connectivity index (χ0) is 15.6. The Hall–Kier alpha value is -1.75. The van der Waals surface area contributed by atoms with Crippen LogP contribution in [0.15, 0.2) is 16.8 Å². The van der Waals surface area contributed by atoms with Crippen molar-refractivity contribution in [1.82, 2.24) is 20.0 Å². The molecule has 1 saturated carbocycles. The minimum Gasteiger partial charge on any atom is -0.361 e. The summed E-state index contributed by atoms with van der Waals surface area (Å²) in [6.07, 6.45) is 9.62. The van der Waals surface area contributed by atoms with Gasteiger partial charge in [0, 0.05) is 55.5 Å². The van der Waals surface area contributed by atoms with Crippen molar-refractivity contribution in [2.45, 2.75) is 64.5 Å². The van der Waals surface area contributed by atoms with E-state index in [9.17, 15) is 0 Å². The van der Waals surface area contributed by atoms with Gasteiger partial charge in [-0.15, -0.1) is 0 Å². The minimum atomic E-state index is 0.588. The second kappa shape index (κ2) is 6.40. The van der Waals surface area contributed by atoms with E-state index in [2.05, 4.69) is 21.2 Å². The van der Waals surface area contributed by atoms with Gasteiger partial charge in [0.2, 0.25) is 0 Å². The number of rotatable bonds is 3. The second-order valence-electron chi connectivity index (χ2n) is 6.92. The van der Waals surface area contributed by atoms with Gasteiger partial charge in [0.1, 0.15) is 11.6 Å². The Labute approximate surface area is 137 Å². The SMILES string of the molecule is Cc1cc(CN2CCc3nc(C4CCCCC4)ncc3C2)no1. The lowest BCUT2D eigenvalue weighted by Gasteiger charge is -2.28. The van der Waals surface area contributed by atoms with Gasteiger partial charge in [-0.25, -0.2) is 9.97 Å². The third kappa shape index (κ3) is 3.29. The number of nitrogens with zero attached hydrogens (tertiary/aromatic N) is 4. The van der Waals surface area contributed by atoms with Gasteiger partial charge < -0.3 is 4.52 Å². The molecular formula is C18H24N4O. The van der Waals surface area contributed by atoms with Crippen molar-refractivity contribution >= 4 is 0 Å². The zero-order valence-electron chi connectivity index (χ0n) is 13.8. The molecule has 5 nitrogen and oxygen atoms in total. The molecule has 0 aromatic carbocycles. The molecule has 1 aliphatic carbocycles. The average Bonchev–Trinajstić information content (AvgIpc) is 3.00. The van der Waals surface area contributed by atoms with Gasteiger partial charge in [-0.05, 0) is 19.8 Å². The number of hydrogen-bond donors (Lipinski definition) is 0. The topological polar surface area (TPSA) is 55.1 Å². The summed E-state index contributed by atoms with van der Waals surface area (Å²) in [5.41, 5.74) is 3.54. The van der Waals surface area contributed by atoms with E-state index in [1.165, 1.54) is 43.4 Å². The van der Waals surface area contributed by atoms with E-state index < -0.39 is 0 Å². The minimum absolute atomic E-state index is 0.588. The lowest BCUT2D eigenvalue weighted by atomic mass is 9.88. The Morgan fingerprint density at radius 3 is 2.91 bits per heavy atom. The molecule has 0 amide bonds. The molecule has 1 aliphatic heterocycles. The van der Waals surface area contributed by atoms with Gasteiger partial charge in [-0.1, -0.05) is 24.4 Å². The Morgan fingerprint density at radius 2 is 2.13 bits per heavy atom. The molecular weight excluding hydrogens is 288 g/mol. The summed E-state index contributed by atoms with van der Waals surface area (Å²) in [6, 6.07) is 2.01. The van der Waals surface area contributed by atoms with E-state index in [1.807, 2.05) is 13.0 Å². The fourth-order valence-corrected chi connectivity index (χ4v) is 3.80. The highest BCUT2D eigenvalue weighted by Crippen LogP contribution is 2.31. The first-order valence-corrected chi connectivity index (χ1v) is 8.77. The molecule has 0 radical (unpaired) electrons. The maximum atomic E-state index is 5.16. The zero-order valence-corrected chi connectivity index (χ0v) is 13.8. The van der Waals surface area contributed by atoms with E-state index in [0.717, 1.165) is 43.3 Å². The summed E-state index contributed by atoms with van der Waals surface area (Å²) in [4.78, 5) is 12.0. The molecule has 4 rings (SSSR count). The van der Waals surface area contributed by atoms with Crippen LogP contribution in [0, 0.1) is 6.92 Å². The fourth-order valence-electron chi connectivity index (χ4n) is 3.80. The van der Waals surface area contributed by atoms with Crippen molar-refractivity contribution in [3.05, 3.63) is 40.8 Å². The molecule has 2 aromatic heterocycles. The number of aryl methyl sites for hydroxylation is 1. The Balaban J connectivity index is 1.45. The van der Waals surface area contributed by atoms with Crippen molar-refractivity contribution in [1.29, 1.82) is 0 Å². The van der Waals surface area contributed by atoms with E-state index in [4.69, 9.17) is 9.51 Å². The summed E-state index contributed by atoms with van der Waals surface area (Å²) >= 11 is 0. The number of fused-ring (bicyclic) bond motifs is 1. The standard InChI is InChI=1S/C18H24N4O/c1-13-9-16(21-23-13)12-22-8-7-17-15(11-22)10-19-18(20-17)14-5-3-2-4-6-14/h9-10,14H,2-8,11-12H2,1H3. The van der Waals surface area contributed by atoms with Gasteiger partial charge in [-0.3, -0.25) is 4.90 Å². The Morgan fingerprint density at radius 1 is 1.26 bits per heavy atom. The summed E-state index contributed by atoms with van der Waals surface area (Å²) < 4.78 is 5.16. The molecule has 5 heteroatoms. The van der Waals surface area contributed by atoms with Crippen LogP contribution in [0.1, 0.15) is 66.6 Å². The van der Waals surface area contributed by atoms with Crippen molar-refractivity contribution in [3.63, 3.8) is 0 Å². The summed E-state index contributed by atoms with van der Waals surface area (Å²) in [5, 5.41) is 4.09. The van der Waals surface area contributed by atoms with Crippen LogP contribution < -0.4 is 0 Å². The normalized spacial score (nSPS) is 19.7. The Kier molecular flexibility index (Phi) is 4.12. The number of hydrogen-bond acceptors (Lipinski definition) is 5. The predicted octanol–water partition coefficient (Wildman–Crippen LogP) is 3.38. The molecule has 0 atom stereocenters. The lowest BCUT2D eigenvalue weighted by molar-refractivity contribution is 0.234. The fraction of sp³-hybridized carbons (Fsp3) is 0.611. The van der Waals surface area contributed by atoms with Gasteiger partial charge >= 0.3 is 0 Å². The van der Waals surface area contributed by atoms with Crippen LogP contribution in [-0.2, 0) is 19.5 Å². The summed E-state index contributed by atoms with van der Waals surface area (Å²) in [6.45, 7) is 4.70. The molecule has 2 aromatic rings. The van der Waals surface area contributed by atoms with Gasteiger partial charge in [-0.2, -0.15) is 0 Å². The first-order chi connectivity index (χ1) is 11.3. The average molecular weight is 312 g/mol. The molecule has 0 saturated heterocycles. The molecule has 0 bridgehead atoms. The van der Waals surface area contributed by atoms with E-state index in [1.54, 1.807) is 0 Å². The van der Waals surface area contributed by atoms with Crippen LogP contribution in [0.2, 0.25) is 0 Å². The molecule has 2 aliphatic rings. The summed E-state index contributed by atoms with van der Waals surface area (Å²) in [7, 11) is 0. The first kappa shape index (κ1) is 14.8. The predicted molar refractivity (Wildman–Crippen MR) is 86.9 cm³/mol. The molecule has 0 unspecified atom stereocenters. The van der Waals surface area contributed by atoms with Gasteiger partial charge in [0.05, 0.1) is 5.69 Å². The smallest absolute Gasteiger partial charge is 0.133 e. The van der Waals surface area contributed by atoms with Crippen molar-refractivity contribution < 1.29 is 4.52 Å². The van der Waals surface area contributed by atoms with E-state index >= 15 is 0 Å². The first-order valence-electron chi connectivity index (χ1n) is 8.77. The highest BCUT2D eigenvalue weighted by molar-refractivity contribution is 5.22. The van der Waals surface area contributed by atoms with Crippen molar-refractivity contribution in [3.8, 4) is 0 Å². The maximum absolute atomic E-state index is 5.16. The largest absolute Gasteiger partial charge is 0.361 e. The molecule has 122 valence electrons.